The Hall–Kier alpha value is -1.49. The molecule has 0 aromatic heterocycles. The van der Waals surface area contributed by atoms with Crippen LogP contribution in [0.5, 0.6) is 0 Å². The summed E-state index contributed by atoms with van der Waals surface area (Å²) in [7, 11) is 0. The van der Waals surface area contributed by atoms with Crippen molar-refractivity contribution in [2.45, 2.75) is 13.0 Å². The van der Waals surface area contributed by atoms with Gasteiger partial charge in [-0.25, -0.2) is 4.39 Å². The van der Waals surface area contributed by atoms with Crippen LogP contribution in [0.3, 0.4) is 0 Å². The molecule has 1 aromatic carbocycles. The quantitative estimate of drug-likeness (QED) is 0.562. The Balaban J connectivity index is 3.13. The van der Waals surface area contributed by atoms with Gasteiger partial charge in [0.1, 0.15) is 5.82 Å². The number of hydrogen-bond acceptors (Lipinski definition) is 3. The fourth-order valence-electron chi connectivity index (χ4n) is 0.999. The van der Waals surface area contributed by atoms with Gasteiger partial charge in [-0.3, -0.25) is 10.1 Å². The van der Waals surface area contributed by atoms with E-state index in [1.54, 1.807) is 6.92 Å². The third-order valence-electron chi connectivity index (χ3n) is 1.69. The molecule has 0 saturated carbocycles. The second kappa shape index (κ2) is 3.49. The van der Waals surface area contributed by atoms with Gasteiger partial charge in [0.25, 0.3) is 5.69 Å². The minimum Gasteiger partial charge on any atom is -0.324 e. The summed E-state index contributed by atoms with van der Waals surface area (Å²) in [6.45, 7) is 1.62. The molecule has 13 heavy (non-hydrogen) atoms. The van der Waals surface area contributed by atoms with E-state index in [0.29, 0.717) is 0 Å². The lowest BCUT2D eigenvalue weighted by Gasteiger charge is -2.05. The molecule has 0 amide bonds. The zero-order chi connectivity index (χ0) is 10.0. The number of halogens is 1. The van der Waals surface area contributed by atoms with Gasteiger partial charge < -0.3 is 5.73 Å². The molecule has 0 unspecified atom stereocenters. The monoisotopic (exact) mass is 184 g/mol. The molecule has 5 heteroatoms. The molecule has 0 spiro atoms. The van der Waals surface area contributed by atoms with Crippen LogP contribution in [0, 0.1) is 15.9 Å². The Morgan fingerprint density at radius 2 is 2.23 bits per heavy atom. The van der Waals surface area contributed by atoms with Crippen molar-refractivity contribution in [2.75, 3.05) is 0 Å². The van der Waals surface area contributed by atoms with Crippen molar-refractivity contribution in [3.05, 3.63) is 39.7 Å². The minimum atomic E-state index is -0.645. The number of benzene rings is 1. The summed E-state index contributed by atoms with van der Waals surface area (Å²) in [4.78, 5) is 9.60. The van der Waals surface area contributed by atoms with Crippen LogP contribution in [-0.2, 0) is 0 Å². The second-order valence-electron chi connectivity index (χ2n) is 2.75. The smallest absolute Gasteiger partial charge is 0.272 e. The summed E-state index contributed by atoms with van der Waals surface area (Å²) in [6.07, 6.45) is 0. The van der Waals surface area contributed by atoms with Crippen LogP contribution in [-0.4, -0.2) is 4.92 Å². The predicted octanol–water partition coefficient (Wildman–Crippen LogP) is 1.75. The maximum atomic E-state index is 13.1. The van der Waals surface area contributed by atoms with Crippen LogP contribution in [0.4, 0.5) is 10.1 Å². The van der Waals surface area contributed by atoms with Gasteiger partial charge in [-0.2, -0.15) is 0 Å². The topological polar surface area (TPSA) is 69.2 Å². The zero-order valence-corrected chi connectivity index (χ0v) is 7.03. The summed E-state index contributed by atoms with van der Waals surface area (Å²) in [5.41, 5.74) is 5.45. The van der Waals surface area contributed by atoms with Crippen LogP contribution < -0.4 is 5.73 Å². The molecule has 1 atom stereocenters. The first kappa shape index (κ1) is 9.60. The molecule has 1 aromatic rings. The van der Waals surface area contributed by atoms with E-state index in [-0.39, 0.29) is 11.3 Å². The normalized spacial score (nSPS) is 12.5. The van der Waals surface area contributed by atoms with Crippen molar-refractivity contribution in [3.63, 3.8) is 0 Å². The third-order valence-corrected chi connectivity index (χ3v) is 1.69. The van der Waals surface area contributed by atoms with Crippen LogP contribution in [0.2, 0.25) is 0 Å². The van der Waals surface area contributed by atoms with E-state index in [1.165, 1.54) is 12.1 Å². The highest BCUT2D eigenvalue weighted by Gasteiger charge is 2.12. The first-order valence-corrected chi connectivity index (χ1v) is 3.72. The first-order chi connectivity index (χ1) is 6.02. The minimum absolute atomic E-state index is 0.262. The zero-order valence-electron chi connectivity index (χ0n) is 7.03. The maximum Gasteiger partial charge on any atom is 0.272 e. The van der Waals surface area contributed by atoms with Gasteiger partial charge in [0.05, 0.1) is 11.0 Å². The number of nitrogens with zero attached hydrogens (tertiary/aromatic N) is 1. The summed E-state index contributed by atoms with van der Waals surface area (Å²) in [5, 5.41) is 10.2. The molecule has 0 aliphatic carbocycles. The molecule has 0 radical (unpaired) electrons. The highest BCUT2D eigenvalue weighted by molar-refractivity contribution is 5.35. The fraction of sp³-hybridized carbons (Fsp3) is 0.250. The maximum absolute atomic E-state index is 13.1. The largest absolute Gasteiger partial charge is 0.324 e. The average molecular weight is 184 g/mol. The van der Waals surface area contributed by atoms with Crippen molar-refractivity contribution in [2.24, 2.45) is 5.73 Å². The van der Waals surface area contributed by atoms with Gasteiger partial charge in [0.15, 0.2) is 0 Å². The Morgan fingerprint density at radius 1 is 1.62 bits per heavy atom. The van der Waals surface area contributed by atoms with Crippen LogP contribution >= 0.6 is 0 Å². The Kier molecular flexibility index (Phi) is 2.57. The van der Waals surface area contributed by atoms with Crippen molar-refractivity contribution < 1.29 is 9.31 Å². The predicted molar refractivity (Wildman–Crippen MR) is 45.7 cm³/mol. The van der Waals surface area contributed by atoms with Crippen molar-refractivity contribution in [1.29, 1.82) is 0 Å². The van der Waals surface area contributed by atoms with E-state index in [0.717, 1.165) is 6.07 Å². The average Bonchev–Trinajstić information content (AvgIpc) is 2.03. The molecule has 0 fully saturated rings. The molecule has 2 N–H and O–H groups in total. The van der Waals surface area contributed by atoms with Gasteiger partial charge in [-0.1, -0.05) is 0 Å². The van der Waals surface area contributed by atoms with Gasteiger partial charge in [-0.05, 0) is 13.0 Å². The van der Waals surface area contributed by atoms with Gasteiger partial charge in [0.2, 0.25) is 0 Å². The van der Waals surface area contributed by atoms with E-state index >= 15 is 0 Å². The molecule has 0 bridgehead atoms. The number of nitrogens with two attached hydrogens (primary N) is 1. The molecule has 0 aliphatic heterocycles. The van der Waals surface area contributed by atoms with Gasteiger partial charge in [0, 0.05) is 17.7 Å². The van der Waals surface area contributed by atoms with Gasteiger partial charge in [-0.15, -0.1) is 0 Å². The van der Waals surface area contributed by atoms with Crippen molar-refractivity contribution >= 4 is 5.69 Å². The molecule has 4 nitrogen and oxygen atoms in total. The Bertz CT molecular complexity index is 339. The molecule has 70 valence electrons. The number of hydrogen-bond donors (Lipinski definition) is 1. The van der Waals surface area contributed by atoms with E-state index in [1.807, 2.05) is 0 Å². The van der Waals surface area contributed by atoms with Crippen LogP contribution in [0.1, 0.15) is 18.5 Å². The SMILES string of the molecule is C[C@@H](N)c1ccc([N+](=O)[O-])cc1F. The number of nitro benzene ring substituents is 1. The van der Waals surface area contributed by atoms with Crippen molar-refractivity contribution in [1.82, 2.24) is 0 Å². The lowest BCUT2D eigenvalue weighted by molar-refractivity contribution is -0.385. The summed E-state index contributed by atoms with van der Waals surface area (Å²) in [6, 6.07) is 2.99. The first-order valence-electron chi connectivity index (χ1n) is 3.72. The molecule has 0 saturated heterocycles. The summed E-state index contributed by atoms with van der Waals surface area (Å²) >= 11 is 0. The highest BCUT2D eigenvalue weighted by atomic mass is 19.1. The lowest BCUT2D eigenvalue weighted by Crippen LogP contribution is -2.07. The Labute approximate surface area is 74.3 Å². The summed E-state index contributed by atoms with van der Waals surface area (Å²) < 4.78 is 13.1. The third kappa shape index (κ3) is 2.00. The molecular weight excluding hydrogens is 175 g/mol. The number of rotatable bonds is 2. The summed E-state index contributed by atoms with van der Waals surface area (Å²) in [5.74, 6) is -0.635. The van der Waals surface area contributed by atoms with Gasteiger partial charge >= 0.3 is 0 Å². The van der Waals surface area contributed by atoms with Crippen LogP contribution in [0.15, 0.2) is 18.2 Å². The molecule has 0 heterocycles. The molecule has 1 rings (SSSR count). The van der Waals surface area contributed by atoms with Crippen molar-refractivity contribution in [3.8, 4) is 0 Å². The number of non-ortho nitro benzene ring substituents is 1. The van der Waals surface area contributed by atoms with E-state index in [4.69, 9.17) is 5.73 Å². The molecule has 0 aliphatic rings. The van der Waals surface area contributed by atoms with E-state index < -0.39 is 16.8 Å². The molecular formula is C8H9FN2O2. The van der Waals surface area contributed by atoms with Crippen LogP contribution in [0.25, 0.3) is 0 Å². The highest BCUT2D eigenvalue weighted by Crippen LogP contribution is 2.20. The standard InChI is InChI=1S/C8H9FN2O2/c1-5(10)7-3-2-6(11(12)13)4-8(7)9/h2-5H,10H2,1H3/t5-/m1/s1. The Morgan fingerprint density at radius 3 is 2.62 bits per heavy atom. The van der Waals surface area contributed by atoms with E-state index in [2.05, 4.69) is 0 Å². The lowest BCUT2D eigenvalue weighted by atomic mass is 10.1. The van der Waals surface area contributed by atoms with E-state index in [9.17, 15) is 14.5 Å². The number of nitro groups is 1. The fourth-order valence-corrected chi connectivity index (χ4v) is 0.999. The second-order valence-corrected chi connectivity index (χ2v) is 2.75.